The zero-order valence-electron chi connectivity index (χ0n) is 11.7. The number of aromatic nitrogens is 2. The summed E-state index contributed by atoms with van der Waals surface area (Å²) >= 11 is 8.96. The van der Waals surface area contributed by atoms with Crippen molar-refractivity contribution in [2.75, 3.05) is 0 Å². The van der Waals surface area contributed by atoms with Crippen LogP contribution in [0.3, 0.4) is 0 Å². The van der Waals surface area contributed by atoms with E-state index in [9.17, 15) is 0 Å². The molecule has 0 spiro atoms. The summed E-state index contributed by atoms with van der Waals surface area (Å²) in [4.78, 5) is 3.30. The van der Waals surface area contributed by atoms with Crippen LogP contribution in [-0.4, -0.2) is 9.55 Å². The van der Waals surface area contributed by atoms with Crippen LogP contribution in [0.4, 0.5) is 0 Å². The van der Waals surface area contributed by atoms with Crippen molar-refractivity contribution in [1.82, 2.24) is 9.55 Å². The maximum Gasteiger partial charge on any atom is 0.178 e. The van der Waals surface area contributed by atoms with Gasteiger partial charge >= 0.3 is 0 Å². The predicted molar refractivity (Wildman–Crippen MR) is 88.2 cm³/mol. The van der Waals surface area contributed by atoms with Crippen molar-refractivity contribution >= 4 is 39.2 Å². The molecule has 104 valence electrons. The van der Waals surface area contributed by atoms with Gasteiger partial charge in [-0.15, -0.1) is 0 Å². The van der Waals surface area contributed by atoms with E-state index in [1.54, 1.807) is 0 Å². The lowest BCUT2D eigenvalue weighted by molar-refractivity contribution is 0.451. The average molecular weight is 341 g/mol. The fourth-order valence-corrected chi connectivity index (χ4v) is 3.24. The summed E-state index contributed by atoms with van der Waals surface area (Å²) < 4.78 is 4.15. The first-order valence-electron chi connectivity index (χ1n) is 6.89. The summed E-state index contributed by atoms with van der Waals surface area (Å²) in [5.41, 5.74) is 2.31. The van der Waals surface area contributed by atoms with E-state index in [0.717, 1.165) is 20.7 Å². The maximum absolute atomic E-state index is 5.47. The van der Waals surface area contributed by atoms with Crippen LogP contribution in [0.25, 0.3) is 11.0 Å². The number of rotatable bonds is 5. The zero-order valence-corrected chi connectivity index (χ0v) is 14.1. The number of nitrogens with zero attached hydrogens (tertiary/aromatic N) is 1. The van der Waals surface area contributed by atoms with E-state index in [1.807, 2.05) is 0 Å². The van der Waals surface area contributed by atoms with Gasteiger partial charge in [0.2, 0.25) is 0 Å². The van der Waals surface area contributed by atoms with Crippen molar-refractivity contribution in [2.45, 2.75) is 46.1 Å². The molecule has 0 saturated heterocycles. The molecule has 0 fully saturated rings. The monoisotopic (exact) mass is 340 g/mol. The number of nitrogens with one attached hydrogen (secondary N) is 1. The predicted octanol–water partition coefficient (Wildman–Crippen LogP) is 5.85. The van der Waals surface area contributed by atoms with E-state index in [4.69, 9.17) is 12.2 Å². The lowest BCUT2D eigenvalue weighted by Crippen LogP contribution is -2.05. The number of benzene rings is 1. The molecule has 0 aliphatic rings. The summed E-state index contributed by atoms with van der Waals surface area (Å²) in [6, 6.07) is 6.73. The van der Waals surface area contributed by atoms with Gasteiger partial charge in [0.05, 0.1) is 11.0 Å². The molecule has 1 atom stereocenters. The minimum Gasteiger partial charge on any atom is -0.331 e. The van der Waals surface area contributed by atoms with Crippen molar-refractivity contribution in [3.05, 3.63) is 27.4 Å². The van der Waals surface area contributed by atoms with Crippen LogP contribution in [0.2, 0.25) is 0 Å². The summed E-state index contributed by atoms with van der Waals surface area (Å²) in [7, 11) is 0. The molecule has 1 N–H and O–H groups in total. The number of aromatic amines is 1. The van der Waals surface area contributed by atoms with Crippen LogP contribution in [-0.2, 0) is 0 Å². The van der Waals surface area contributed by atoms with E-state index < -0.39 is 0 Å². The number of halogens is 1. The fraction of sp³-hybridized carbons (Fsp3) is 0.533. The van der Waals surface area contributed by atoms with Crippen molar-refractivity contribution < 1.29 is 0 Å². The molecule has 2 aromatic rings. The van der Waals surface area contributed by atoms with Gasteiger partial charge in [0.1, 0.15) is 0 Å². The third-order valence-electron chi connectivity index (χ3n) is 3.52. The number of fused-ring (bicyclic) bond motifs is 1. The molecule has 1 heterocycles. The third kappa shape index (κ3) is 3.48. The smallest absolute Gasteiger partial charge is 0.178 e. The van der Waals surface area contributed by atoms with E-state index in [0.29, 0.717) is 6.04 Å². The van der Waals surface area contributed by atoms with Crippen molar-refractivity contribution in [1.29, 1.82) is 0 Å². The third-order valence-corrected chi connectivity index (χ3v) is 4.31. The lowest BCUT2D eigenvalue weighted by Gasteiger charge is -2.15. The van der Waals surface area contributed by atoms with Gasteiger partial charge in [-0.1, -0.05) is 42.6 Å². The Bertz CT molecular complexity index is 612. The molecule has 0 saturated carbocycles. The average Bonchev–Trinajstić information content (AvgIpc) is 2.63. The molecule has 1 unspecified atom stereocenters. The molecule has 1 aromatic carbocycles. The highest BCUT2D eigenvalue weighted by Gasteiger charge is 2.11. The van der Waals surface area contributed by atoms with Gasteiger partial charge in [0, 0.05) is 10.5 Å². The van der Waals surface area contributed by atoms with Gasteiger partial charge in [-0.2, -0.15) is 0 Å². The number of hydrogen-bond acceptors (Lipinski definition) is 1. The van der Waals surface area contributed by atoms with Gasteiger partial charge < -0.3 is 9.55 Å². The van der Waals surface area contributed by atoms with Crippen LogP contribution in [0.5, 0.6) is 0 Å². The molecule has 0 bridgehead atoms. The Hall–Kier alpha value is -0.610. The van der Waals surface area contributed by atoms with E-state index in [-0.39, 0.29) is 0 Å². The minimum absolute atomic E-state index is 0.446. The highest BCUT2D eigenvalue weighted by atomic mass is 79.9. The minimum atomic E-state index is 0.446. The first-order valence-corrected chi connectivity index (χ1v) is 8.09. The SMILES string of the molecule is CC(C)CCCC(C)n1c(=S)[nH]c2cc(Br)ccc21. The van der Waals surface area contributed by atoms with E-state index in [1.165, 1.54) is 24.8 Å². The second-order valence-corrected chi connectivity index (χ2v) is 6.94. The molecule has 0 aliphatic heterocycles. The van der Waals surface area contributed by atoms with Crippen LogP contribution < -0.4 is 0 Å². The van der Waals surface area contributed by atoms with Gasteiger partial charge in [-0.05, 0) is 49.7 Å². The Balaban J connectivity index is 2.24. The molecule has 0 radical (unpaired) electrons. The second kappa shape index (κ2) is 6.23. The summed E-state index contributed by atoms with van der Waals surface area (Å²) in [6.07, 6.45) is 3.71. The first kappa shape index (κ1) is 14.8. The molecule has 0 aliphatic carbocycles. The van der Waals surface area contributed by atoms with Gasteiger partial charge in [0.25, 0.3) is 0 Å². The fourth-order valence-electron chi connectivity index (χ4n) is 2.49. The molecule has 4 heteroatoms. The number of H-pyrrole nitrogens is 1. The number of hydrogen-bond donors (Lipinski definition) is 1. The lowest BCUT2D eigenvalue weighted by atomic mass is 10.0. The van der Waals surface area contributed by atoms with Gasteiger partial charge in [0.15, 0.2) is 4.77 Å². The topological polar surface area (TPSA) is 20.7 Å². The van der Waals surface area contributed by atoms with Gasteiger partial charge in [-0.25, -0.2) is 0 Å². The van der Waals surface area contributed by atoms with Crippen LogP contribution in [0, 0.1) is 10.7 Å². The molecule has 1 aromatic heterocycles. The van der Waals surface area contributed by atoms with Crippen molar-refractivity contribution in [3.63, 3.8) is 0 Å². The Labute approximate surface area is 128 Å². The van der Waals surface area contributed by atoms with Crippen molar-refractivity contribution in [3.8, 4) is 0 Å². The number of imidazole rings is 1. The van der Waals surface area contributed by atoms with Gasteiger partial charge in [-0.3, -0.25) is 0 Å². The second-order valence-electron chi connectivity index (χ2n) is 5.64. The molecule has 19 heavy (non-hydrogen) atoms. The Morgan fingerprint density at radius 2 is 2.00 bits per heavy atom. The molecular weight excluding hydrogens is 320 g/mol. The Kier molecular flexibility index (Phi) is 4.85. The standard InChI is InChI=1S/C15H21BrN2S/c1-10(2)5-4-6-11(3)18-14-8-7-12(16)9-13(14)17-15(18)19/h7-11H,4-6H2,1-3H3,(H,17,19). The van der Waals surface area contributed by atoms with Crippen LogP contribution in [0.15, 0.2) is 22.7 Å². The Morgan fingerprint density at radius 1 is 1.26 bits per heavy atom. The van der Waals surface area contributed by atoms with Crippen LogP contribution in [0.1, 0.15) is 46.1 Å². The molecule has 2 nitrogen and oxygen atoms in total. The normalized spacial score (nSPS) is 13.3. The maximum atomic E-state index is 5.47. The van der Waals surface area contributed by atoms with Crippen molar-refractivity contribution in [2.24, 2.45) is 5.92 Å². The zero-order chi connectivity index (χ0) is 14.0. The molecule has 0 amide bonds. The first-order chi connectivity index (χ1) is 8.99. The quantitative estimate of drug-likeness (QED) is 0.677. The highest BCUT2D eigenvalue weighted by Crippen LogP contribution is 2.25. The summed E-state index contributed by atoms with van der Waals surface area (Å²) in [6.45, 7) is 6.81. The summed E-state index contributed by atoms with van der Waals surface area (Å²) in [5, 5.41) is 0. The Morgan fingerprint density at radius 3 is 2.68 bits per heavy atom. The highest BCUT2D eigenvalue weighted by molar-refractivity contribution is 9.10. The largest absolute Gasteiger partial charge is 0.331 e. The summed E-state index contributed by atoms with van der Waals surface area (Å²) in [5.74, 6) is 0.777. The van der Waals surface area contributed by atoms with E-state index in [2.05, 4.69) is 64.5 Å². The molecule has 2 rings (SSSR count). The van der Waals surface area contributed by atoms with E-state index >= 15 is 0 Å². The van der Waals surface area contributed by atoms with Crippen LogP contribution >= 0.6 is 28.1 Å². The molecular formula is C15H21BrN2S.